The summed E-state index contributed by atoms with van der Waals surface area (Å²) < 4.78 is 48.1. The molecule has 0 aliphatic rings. The highest BCUT2D eigenvalue weighted by Crippen LogP contribution is 2.36. The lowest BCUT2D eigenvalue weighted by Crippen LogP contribution is -2.10. The van der Waals surface area contributed by atoms with Gasteiger partial charge in [-0.2, -0.15) is 13.2 Å². The Morgan fingerprint density at radius 3 is 2.68 bits per heavy atom. The molecule has 0 saturated carbocycles. The standard InChI is InChI=1S/C17H13ClF3NO3/c1-2-24-16(23)25-13-5-3-4-11(8-13)10-22-12-6-7-15(18)14(9-12)17(19,20)21/h3-10H,2H2,1H3. The van der Waals surface area contributed by atoms with E-state index in [2.05, 4.69) is 9.73 Å². The summed E-state index contributed by atoms with van der Waals surface area (Å²) in [5.41, 5.74) is -0.332. The Hall–Kier alpha value is -2.54. The molecule has 0 saturated heterocycles. The average molecular weight is 372 g/mol. The minimum absolute atomic E-state index is 0.0911. The predicted octanol–water partition coefficient (Wildman–Crippen LogP) is 5.64. The maximum atomic E-state index is 12.8. The number of halogens is 4. The second kappa shape index (κ2) is 8.02. The van der Waals surface area contributed by atoms with Crippen LogP contribution in [0.4, 0.5) is 23.7 Å². The number of hydrogen-bond donors (Lipinski definition) is 0. The van der Waals surface area contributed by atoms with Crippen molar-refractivity contribution in [2.24, 2.45) is 4.99 Å². The van der Waals surface area contributed by atoms with E-state index in [0.717, 1.165) is 12.1 Å². The molecule has 0 aromatic heterocycles. The largest absolute Gasteiger partial charge is 0.513 e. The Bertz CT molecular complexity index is 791. The second-order valence-corrected chi connectivity index (χ2v) is 5.18. The lowest BCUT2D eigenvalue weighted by atomic mass is 10.2. The van der Waals surface area contributed by atoms with Crippen LogP contribution in [0.2, 0.25) is 5.02 Å². The van der Waals surface area contributed by atoms with Crippen molar-refractivity contribution >= 4 is 29.7 Å². The van der Waals surface area contributed by atoms with Gasteiger partial charge in [-0.3, -0.25) is 4.99 Å². The number of carbonyl (C=O) groups excluding carboxylic acids is 1. The first-order valence-corrected chi connectivity index (χ1v) is 7.53. The minimum Gasteiger partial charge on any atom is -0.434 e. The van der Waals surface area contributed by atoms with Crippen molar-refractivity contribution in [2.75, 3.05) is 6.61 Å². The molecule has 0 spiro atoms. The van der Waals surface area contributed by atoms with Crippen LogP contribution in [0.25, 0.3) is 0 Å². The summed E-state index contributed by atoms with van der Waals surface area (Å²) >= 11 is 5.56. The van der Waals surface area contributed by atoms with E-state index in [-0.39, 0.29) is 18.0 Å². The number of aliphatic imine (C=N–C) groups is 1. The molecule has 0 atom stereocenters. The van der Waals surface area contributed by atoms with Crippen LogP contribution < -0.4 is 4.74 Å². The summed E-state index contributed by atoms with van der Waals surface area (Å²) in [6.07, 6.45) is -4.05. The van der Waals surface area contributed by atoms with Crippen LogP contribution in [0, 0.1) is 0 Å². The van der Waals surface area contributed by atoms with Gasteiger partial charge in [0, 0.05) is 6.21 Å². The Balaban J connectivity index is 2.18. The quantitative estimate of drug-likeness (QED) is 0.396. The zero-order chi connectivity index (χ0) is 18.4. The molecular weight excluding hydrogens is 359 g/mol. The third kappa shape index (κ3) is 5.49. The van der Waals surface area contributed by atoms with E-state index in [0.29, 0.717) is 5.56 Å². The van der Waals surface area contributed by atoms with Crippen molar-refractivity contribution in [2.45, 2.75) is 13.1 Å². The van der Waals surface area contributed by atoms with Crippen LogP contribution in [0.15, 0.2) is 47.5 Å². The van der Waals surface area contributed by atoms with Crippen LogP contribution in [0.1, 0.15) is 18.1 Å². The van der Waals surface area contributed by atoms with Crippen molar-refractivity contribution in [1.82, 2.24) is 0 Å². The normalized spacial score (nSPS) is 11.6. The zero-order valence-electron chi connectivity index (χ0n) is 13.0. The van der Waals surface area contributed by atoms with Crippen molar-refractivity contribution < 1.29 is 27.4 Å². The van der Waals surface area contributed by atoms with Crippen LogP contribution >= 0.6 is 11.6 Å². The van der Waals surface area contributed by atoms with Crippen molar-refractivity contribution in [3.63, 3.8) is 0 Å². The molecular formula is C17H13ClF3NO3. The van der Waals surface area contributed by atoms with Gasteiger partial charge in [0.1, 0.15) is 5.75 Å². The molecule has 0 bridgehead atoms. The molecule has 132 valence electrons. The molecule has 2 aromatic carbocycles. The minimum atomic E-state index is -4.56. The van der Waals surface area contributed by atoms with Gasteiger partial charge in [0.15, 0.2) is 0 Å². The highest BCUT2D eigenvalue weighted by atomic mass is 35.5. The van der Waals surface area contributed by atoms with E-state index in [4.69, 9.17) is 16.3 Å². The van der Waals surface area contributed by atoms with Gasteiger partial charge in [-0.05, 0) is 42.8 Å². The van der Waals surface area contributed by atoms with Gasteiger partial charge in [-0.15, -0.1) is 0 Å². The summed E-state index contributed by atoms with van der Waals surface area (Å²) in [5.74, 6) is 0.231. The summed E-state index contributed by atoms with van der Waals surface area (Å²) in [6.45, 7) is 1.82. The average Bonchev–Trinajstić information content (AvgIpc) is 2.53. The molecule has 8 heteroatoms. The fraction of sp³-hybridized carbons (Fsp3) is 0.176. The molecule has 0 heterocycles. The van der Waals surface area contributed by atoms with E-state index in [1.54, 1.807) is 19.1 Å². The predicted molar refractivity (Wildman–Crippen MR) is 87.8 cm³/mol. The van der Waals surface area contributed by atoms with E-state index in [1.807, 2.05) is 0 Å². The summed E-state index contributed by atoms with van der Waals surface area (Å²) in [5, 5.41) is -0.392. The van der Waals surface area contributed by atoms with Crippen LogP contribution in [0.5, 0.6) is 5.75 Å². The number of nitrogens with zero attached hydrogens (tertiary/aromatic N) is 1. The van der Waals surface area contributed by atoms with E-state index >= 15 is 0 Å². The second-order valence-electron chi connectivity index (χ2n) is 4.78. The van der Waals surface area contributed by atoms with Gasteiger partial charge in [0.05, 0.1) is 22.9 Å². The van der Waals surface area contributed by atoms with Crippen LogP contribution in [-0.4, -0.2) is 19.0 Å². The smallest absolute Gasteiger partial charge is 0.434 e. The fourth-order valence-electron chi connectivity index (χ4n) is 1.86. The number of ether oxygens (including phenoxy) is 2. The monoisotopic (exact) mass is 371 g/mol. The number of carbonyl (C=O) groups is 1. The third-order valence-corrected chi connectivity index (χ3v) is 3.27. The maximum absolute atomic E-state index is 12.8. The van der Waals surface area contributed by atoms with Crippen molar-refractivity contribution in [3.8, 4) is 5.75 Å². The molecule has 0 aliphatic heterocycles. The van der Waals surface area contributed by atoms with E-state index in [9.17, 15) is 18.0 Å². The molecule has 0 fully saturated rings. The molecule has 2 aromatic rings. The molecule has 4 nitrogen and oxygen atoms in total. The van der Waals surface area contributed by atoms with Gasteiger partial charge in [-0.25, -0.2) is 4.79 Å². The molecule has 0 amide bonds. The molecule has 0 aliphatic carbocycles. The van der Waals surface area contributed by atoms with Crippen molar-refractivity contribution in [1.29, 1.82) is 0 Å². The number of rotatable bonds is 4. The third-order valence-electron chi connectivity index (χ3n) is 2.94. The first-order valence-electron chi connectivity index (χ1n) is 7.15. The first-order chi connectivity index (χ1) is 11.8. The maximum Gasteiger partial charge on any atom is 0.513 e. The van der Waals surface area contributed by atoms with Gasteiger partial charge in [0.25, 0.3) is 0 Å². The number of hydrogen-bond acceptors (Lipinski definition) is 4. The number of benzene rings is 2. The zero-order valence-corrected chi connectivity index (χ0v) is 13.8. The lowest BCUT2D eigenvalue weighted by molar-refractivity contribution is -0.137. The van der Waals surface area contributed by atoms with Crippen LogP contribution in [-0.2, 0) is 10.9 Å². The number of alkyl halides is 3. The molecule has 2 rings (SSSR count). The Morgan fingerprint density at radius 1 is 1.24 bits per heavy atom. The van der Waals surface area contributed by atoms with E-state index in [1.165, 1.54) is 24.4 Å². The molecule has 0 N–H and O–H groups in total. The summed E-state index contributed by atoms with van der Waals surface area (Å²) in [4.78, 5) is 15.3. The highest BCUT2D eigenvalue weighted by molar-refractivity contribution is 6.31. The van der Waals surface area contributed by atoms with Gasteiger partial charge in [0.2, 0.25) is 0 Å². The van der Waals surface area contributed by atoms with Crippen LogP contribution in [0.3, 0.4) is 0 Å². The highest BCUT2D eigenvalue weighted by Gasteiger charge is 2.33. The summed E-state index contributed by atoms with van der Waals surface area (Å²) in [6, 6.07) is 9.67. The summed E-state index contributed by atoms with van der Waals surface area (Å²) in [7, 11) is 0. The molecule has 0 unspecified atom stereocenters. The first kappa shape index (κ1) is 18.8. The fourth-order valence-corrected chi connectivity index (χ4v) is 2.09. The molecule has 25 heavy (non-hydrogen) atoms. The lowest BCUT2D eigenvalue weighted by Gasteiger charge is -2.09. The SMILES string of the molecule is CCOC(=O)Oc1cccc(C=Nc2ccc(Cl)c(C(F)(F)F)c2)c1. The van der Waals surface area contributed by atoms with E-state index < -0.39 is 22.9 Å². The Labute approximate surface area is 146 Å². The topological polar surface area (TPSA) is 47.9 Å². The van der Waals surface area contributed by atoms with Crippen molar-refractivity contribution in [3.05, 3.63) is 58.6 Å². The Morgan fingerprint density at radius 2 is 2.00 bits per heavy atom. The Kier molecular flexibility index (Phi) is 6.03. The van der Waals surface area contributed by atoms with Gasteiger partial charge < -0.3 is 9.47 Å². The van der Waals surface area contributed by atoms with Gasteiger partial charge in [-0.1, -0.05) is 23.7 Å². The van der Waals surface area contributed by atoms with Gasteiger partial charge >= 0.3 is 12.3 Å². The molecule has 0 radical (unpaired) electrons.